The molecular weight excluding hydrogens is 546 g/mol. The Balaban J connectivity index is 1.60. The molecule has 42 heavy (non-hydrogen) atoms. The predicted molar refractivity (Wildman–Crippen MR) is 170 cm³/mol. The third-order valence-corrected chi connectivity index (χ3v) is 13.2. The molecule has 0 saturated carbocycles. The van der Waals surface area contributed by atoms with E-state index in [4.69, 9.17) is 13.9 Å². The first-order chi connectivity index (χ1) is 19.8. The second-order valence-corrected chi connectivity index (χ2v) is 17.7. The lowest BCUT2D eigenvalue weighted by Gasteiger charge is -2.43. The summed E-state index contributed by atoms with van der Waals surface area (Å²) in [6, 6.07) is 21.2. The Morgan fingerprint density at radius 2 is 1.43 bits per heavy atom. The molecule has 1 saturated heterocycles. The second-order valence-electron chi connectivity index (χ2n) is 13.4. The number of nitrogens with zero attached hydrogens (tertiary/aromatic N) is 1. The number of aliphatic hydroxyl groups is 1. The molecule has 0 spiro atoms. The van der Waals surface area contributed by atoms with Gasteiger partial charge in [0.15, 0.2) is 0 Å². The summed E-state index contributed by atoms with van der Waals surface area (Å²) < 4.78 is 17.5. The quantitative estimate of drug-likeness (QED) is 0.204. The first kappa shape index (κ1) is 33.8. The maximum absolute atomic E-state index is 13.0. The van der Waals surface area contributed by atoms with Crippen LogP contribution < -0.4 is 10.4 Å². The molecule has 3 rings (SSSR count). The summed E-state index contributed by atoms with van der Waals surface area (Å²) in [7, 11) is -1.23. The van der Waals surface area contributed by atoms with Gasteiger partial charge in [0.25, 0.3) is 8.32 Å². The average molecular weight is 598 g/mol. The molecule has 0 aromatic heterocycles. The maximum atomic E-state index is 13.0. The number of esters is 1. The van der Waals surface area contributed by atoms with Crippen LogP contribution in [0.1, 0.15) is 80.1 Å². The number of likely N-dealkylation sites (tertiary alicyclic amines) is 1. The summed E-state index contributed by atoms with van der Waals surface area (Å²) in [6.45, 7) is 13.1. The van der Waals surface area contributed by atoms with Crippen molar-refractivity contribution < 1.29 is 28.6 Å². The smallest absolute Gasteiger partial charge is 0.410 e. The molecule has 1 amide bonds. The number of hydrogen-bond acceptors (Lipinski definition) is 6. The molecular formula is C34H51NO6Si. The van der Waals surface area contributed by atoms with Crippen molar-refractivity contribution in [3.63, 3.8) is 0 Å². The normalized spacial score (nSPS) is 19.8. The van der Waals surface area contributed by atoms with Crippen LogP contribution in [0.3, 0.4) is 0 Å². The van der Waals surface area contributed by atoms with E-state index in [-0.39, 0.29) is 17.6 Å². The molecule has 0 unspecified atom stereocenters. The van der Waals surface area contributed by atoms with E-state index in [1.807, 2.05) is 20.8 Å². The summed E-state index contributed by atoms with van der Waals surface area (Å²) >= 11 is 0. The topological polar surface area (TPSA) is 85.3 Å². The van der Waals surface area contributed by atoms with Crippen LogP contribution >= 0.6 is 0 Å². The highest BCUT2D eigenvalue weighted by atomic mass is 28.4. The summed E-state index contributed by atoms with van der Waals surface area (Å²) in [6.07, 6.45) is 3.60. The number of carbonyl (C=O) groups is 2. The molecule has 1 fully saturated rings. The van der Waals surface area contributed by atoms with Crippen LogP contribution in [0.15, 0.2) is 60.7 Å². The molecule has 1 heterocycles. The molecule has 1 aliphatic heterocycles. The van der Waals surface area contributed by atoms with Gasteiger partial charge >= 0.3 is 12.1 Å². The first-order valence-electron chi connectivity index (χ1n) is 15.3. The minimum Gasteiger partial charge on any atom is -0.469 e. The van der Waals surface area contributed by atoms with Gasteiger partial charge in [-0.1, -0.05) is 101 Å². The van der Waals surface area contributed by atoms with E-state index < -0.39 is 38.0 Å². The minimum absolute atomic E-state index is 0.0509. The van der Waals surface area contributed by atoms with Gasteiger partial charge in [-0.3, -0.25) is 4.79 Å². The van der Waals surface area contributed by atoms with Crippen molar-refractivity contribution in [3.05, 3.63) is 60.7 Å². The zero-order valence-electron chi connectivity index (χ0n) is 26.6. The Hall–Kier alpha value is -2.68. The van der Waals surface area contributed by atoms with E-state index in [1.165, 1.54) is 17.5 Å². The van der Waals surface area contributed by atoms with Gasteiger partial charge in [0.1, 0.15) is 11.5 Å². The fourth-order valence-electron chi connectivity index (χ4n) is 6.08. The molecule has 0 aliphatic carbocycles. The number of unbranched alkanes of at least 4 members (excludes halogenated alkanes) is 3. The van der Waals surface area contributed by atoms with Crippen molar-refractivity contribution in [1.29, 1.82) is 0 Å². The molecule has 8 heteroatoms. The van der Waals surface area contributed by atoms with Crippen molar-refractivity contribution in [2.45, 2.75) is 103 Å². The number of methoxy groups -OCH3 is 1. The molecule has 1 N–H and O–H groups in total. The van der Waals surface area contributed by atoms with Crippen molar-refractivity contribution in [3.8, 4) is 0 Å². The van der Waals surface area contributed by atoms with E-state index in [0.717, 1.165) is 32.1 Å². The van der Waals surface area contributed by atoms with Gasteiger partial charge in [-0.05, 0) is 55.4 Å². The first-order valence-corrected chi connectivity index (χ1v) is 17.2. The lowest BCUT2D eigenvalue weighted by molar-refractivity contribution is -0.153. The van der Waals surface area contributed by atoms with E-state index in [1.54, 1.807) is 4.90 Å². The van der Waals surface area contributed by atoms with Gasteiger partial charge in [0.05, 0.1) is 13.2 Å². The van der Waals surface area contributed by atoms with Crippen LogP contribution in [0.5, 0.6) is 0 Å². The highest BCUT2D eigenvalue weighted by Gasteiger charge is 2.50. The lowest BCUT2D eigenvalue weighted by Crippen LogP contribution is -2.66. The average Bonchev–Trinajstić information content (AvgIpc) is 2.93. The lowest BCUT2D eigenvalue weighted by atomic mass is 9.87. The van der Waals surface area contributed by atoms with E-state index in [9.17, 15) is 14.7 Å². The largest absolute Gasteiger partial charge is 0.469 e. The SMILES string of the molecule is COC(=O)[C@H]1CN(C(=O)OC(C)(C)C)[C@H](CCCCCCO[Si](c2ccccc2)(c2ccccc2)C(C)(C)C)C[C@H]1O. The van der Waals surface area contributed by atoms with Crippen molar-refractivity contribution in [2.75, 3.05) is 20.3 Å². The summed E-state index contributed by atoms with van der Waals surface area (Å²) in [4.78, 5) is 26.9. The number of rotatable bonds is 11. The molecule has 2 aromatic carbocycles. The van der Waals surface area contributed by atoms with Crippen molar-refractivity contribution in [1.82, 2.24) is 4.90 Å². The van der Waals surface area contributed by atoms with Crippen LogP contribution in [0.2, 0.25) is 5.04 Å². The molecule has 232 valence electrons. The predicted octanol–water partition coefficient (Wildman–Crippen LogP) is 5.67. The van der Waals surface area contributed by atoms with E-state index >= 15 is 0 Å². The number of carbonyl (C=O) groups excluding carboxylic acids is 2. The van der Waals surface area contributed by atoms with Crippen molar-refractivity contribution >= 4 is 30.8 Å². The van der Waals surface area contributed by atoms with Crippen LogP contribution in [0.4, 0.5) is 4.79 Å². The molecule has 3 atom stereocenters. The van der Waals surface area contributed by atoms with Gasteiger partial charge in [-0.15, -0.1) is 0 Å². The van der Waals surface area contributed by atoms with E-state index in [0.29, 0.717) is 13.0 Å². The number of piperidine rings is 1. The Morgan fingerprint density at radius 1 is 0.881 bits per heavy atom. The Bertz CT molecular complexity index is 1090. The Labute approximate surface area is 253 Å². The maximum Gasteiger partial charge on any atom is 0.410 e. The monoisotopic (exact) mass is 597 g/mol. The summed E-state index contributed by atoms with van der Waals surface area (Å²) in [5.74, 6) is -1.27. The summed E-state index contributed by atoms with van der Waals surface area (Å²) in [5.41, 5.74) is -0.649. The second kappa shape index (κ2) is 14.7. The van der Waals surface area contributed by atoms with Crippen LogP contribution in [-0.2, 0) is 18.7 Å². The fraction of sp³-hybridized carbons (Fsp3) is 0.588. The third kappa shape index (κ3) is 8.45. The minimum atomic E-state index is -2.54. The van der Waals surface area contributed by atoms with Gasteiger partial charge < -0.3 is 23.9 Å². The number of aliphatic hydroxyl groups excluding tert-OH is 1. The van der Waals surface area contributed by atoms with E-state index in [2.05, 4.69) is 81.4 Å². The Morgan fingerprint density at radius 3 is 1.93 bits per heavy atom. The Kier molecular flexibility index (Phi) is 11.8. The molecule has 7 nitrogen and oxygen atoms in total. The standard InChI is InChI=1S/C34H51NO6Si/c1-33(2,3)41-32(38)35-25-29(31(37)39-7)30(36)24-26(35)18-12-8-9-17-23-40-42(34(4,5)6,27-19-13-10-14-20-27)28-21-15-11-16-22-28/h10-11,13-16,19-22,26,29-30,36H,8-9,12,17-18,23-25H2,1-7H3/t26-,29+,30-/m1/s1. The fourth-order valence-corrected chi connectivity index (χ4v) is 10.7. The highest BCUT2D eigenvalue weighted by molar-refractivity contribution is 6.99. The zero-order chi connectivity index (χ0) is 31.0. The molecule has 1 aliphatic rings. The zero-order valence-corrected chi connectivity index (χ0v) is 27.6. The van der Waals surface area contributed by atoms with Gasteiger partial charge in [-0.2, -0.15) is 0 Å². The summed E-state index contributed by atoms with van der Waals surface area (Å²) in [5, 5.41) is 13.2. The number of ether oxygens (including phenoxy) is 2. The highest BCUT2D eigenvalue weighted by Crippen LogP contribution is 2.37. The number of amides is 1. The molecule has 2 aromatic rings. The van der Waals surface area contributed by atoms with Crippen LogP contribution in [-0.4, -0.2) is 68.4 Å². The van der Waals surface area contributed by atoms with Gasteiger partial charge in [-0.25, -0.2) is 4.79 Å². The third-order valence-electron chi connectivity index (χ3n) is 8.11. The number of hydrogen-bond donors (Lipinski definition) is 1. The van der Waals surface area contributed by atoms with Crippen LogP contribution in [0.25, 0.3) is 0 Å². The number of benzene rings is 2. The van der Waals surface area contributed by atoms with Crippen LogP contribution in [0, 0.1) is 5.92 Å². The molecule has 0 radical (unpaired) electrons. The van der Waals surface area contributed by atoms with Gasteiger partial charge in [0, 0.05) is 19.2 Å². The van der Waals surface area contributed by atoms with Gasteiger partial charge in [0.2, 0.25) is 0 Å². The molecule has 0 bridgehead atoms. The van der Waals surface area contributed by atoms with Crippen molar-refractivity contribution in [2.24, 2.45) is 5.92 Å².